The van der Waals surface area contributed by atoms with Gasteiger partial charge in [-0.15, -0.1) is 0 Å². The van der Waals surface area contributed by atoms with Crippen LogP contribution in [-0.2, 0) is 0 Å². The van der Waals surface area contributed by atoms with E-state index in [0.717, 1.165) is 0 Å². The van der Waals surface area contributed by atoms with E-state index in [1.807, 2.05) is 0 Å². The maximum absolute atomic E-state index is 3.48. The Kier molecular flexibility index (Phi) is 1.73. The standard InChI is InChI=1S/C6H15NSi/c1-6(2)3-4-7-8-5-6/h7H,3-5,8H2,1-2H3. The van der Waals surface area contributed by atoms with Gasteiger partial charge in [-0.2, -0.15) is 0 Å². The molecule has 0 aliphatic carbocycles. The van der Waals surface area contributed by atoms with E-state index in [0.29, 0.717) is 5.41 Å². The van der Waals surface area contributed by atoms with E-state index in [1.165, 1.54) is 19.0 Å². The van der Waals surface area contributed by atoms with Gasteiger partial charge >= 0.3 is 0 Å². The van der Waals surface area contributed by atoms with Crippen LogP contribution in [0.1, 0.15) is 20.3 Å². The molecule has 0 radical (unpaired) electrons. The second-order valence-corrected chi connectivity index (χ2v) is 4.91. The molecule has 1 fully saturated rings. The van der Waals surface area contributed by atoms with Crippen molar-refractivity contribution in [3.05, 3.63) is 0 Å². The van der Waals surface area contributed by atoms with Crippen LogP contribution in [0.4, 0.5) is 0 Å². The third-order valence-corrected chi connectivity index (χ3v) is 4.27. The minimum Gasteiger partial charge on any atom is -0.342 e. The van der Waals surface area contributed by atoms with Gasteiger partial charge in [-0.1, -0.05) is 13.8 Å². The van der Waals surface area contributed by atoms with Gasteiger partial charge in [0.1, 0.15) is 0 Å². The van der Waals surface area contributed by atoms with Gasteiger partial charge in [0.25, 0.3) is 0 Å². The maximum atomic E-state index is 3.48. The molecule has 2 heteroatoms. The zero-order valence-corrected chi connectivity index (χ0v) is 7.24. The molecule has 0 bridgehead atoms. The highest BCUT2D eigenvalue weighted by molar-refractivity contribution is 6.32. The molecule has 8 heavy (non-hydrogen) atoms. The molecule has 0 aromatic carbocycles. The Morgan fingerprint density at radius 1 is 1.50 bits per heavy atom. The van der Waals surface area contributed by atoms with Gasteiger partial charge in [-0.3, -0.25) is 0 Å². The van der Waals surface area contributed by atoms with Crippen molar-refractivity contribution in [2.45, 2.75) is 26.3 Å². The molecule has 0 aromatic heterocycles. The van der Waals surface area contributed by atoms with Crippen LogP contribution in [0.5, 0.6) is 0 Å². The van der Waals surface area contributed by atoms with Crippen molar-refractivity contribution in [2.75, 3.05) is 6.54 Å². The molecular formula is C6H15NSi. The Morgan fingerprint density at radius 3 is 2.50 bits per heavy atom. The molecule has 1 nitrogen and oxygen atoms in total. The van der Waals surface area contributed by atoms with E-state index < -0.39 is 0 Å². The van der Waals surface area contributed by atoms with Gasteiger partial charge in [0.2, 0.25) is 0 Å². The summed E-state index contributed by atoms with van der Waals surface area (Å²) >= 11 is 0. The third kappa shape index (κ3) is 1.60. The second-order valence-electron chi connectivity index (χ2n) is 3.41. The quantitative estimate of drug-likeness (QED) is 0.470. The second kappa shape index (κ2) is 2.19. The molecule has 1 N–H and O–H groups in total. The fourth-order valence-corrected chi connectivity index (χ4v) is 2.63. The molecule has 0 aromatic rings. The zero-order valence-electron chi connectivity index (χ0n) is 5.83. The predicted octanol–water partition coefficient (Wildman–Crippen LogP) is 0.508. The van der Waals surface area contributed by atoms with E-state index in [4.69, 9.17) is 0 Å². The largest absolute Gasteiger partial charge is 0.342 e. The molecule has 0 saturated carbocycles. The summed E-state index contributed by atoms with van der Waals surface area (Å²) in [6, 6.07) is 1.48. The minimum atomic E-state index is 0.154. The van der Waals surface area contributed by atoms with Gasteiger partial charge in [0.05, 0.1) is 9.68 Å². The summed E-state index contributed by atoms with van der Waals surface area (Å²) in [6.45, 7) is 6.03. The first-order valence-electron chi connectivity index (χ1n) is 3.41. The molecule has 1 saturated heterocycles. The van der Waals surface area contributed by atoms with Crippen LogP contribution in [-0.4, -0.2) is 16.2 Å². The zero-order chi connectivity index (χ0) is 6.04. The highest BCUT2D eigenvalue weighted by atomic mass is 28.2. The maximum Gasteiger partial charge on any atom is 0.0921 e. The lowest BCUT2D eigenvalue weighted by atomic mass is 9.92. The first-order valence-corrected chi connectivity index (χ1v) is 5.12. The highest BCUT2D eigenvalue weighted by Gasteiger charge is 2.19. The SMILES string of the molecule is CC1(C)CCN[SiH2]C1. The fraction of sp³-hybridized carbons (Fsp3) is 1.00. The predicted molar refractivity (Wildman–Crippen MR) is 39.8 cm³/mol. The molecule has 48 valence electrons. The van der Waals surface area contributed by atoms with Gasteiger partial charge in [-0.05, 0) is 24.4 Å². The van der Waals surface area contributed by atoms with E-state index in [2.05, 4.69) is 18.8 Å². The van der Waals surface area contributed by atoms with Crippen LogP contribution in [0.2, 0.25) is 6.04 Å². The van der Waals surface area contributed by atoms with Crippen molar-refractivity contribution >= 4 is 9.68 Å². The number of hydrogen-bond donors (Lipinski definition) is 1. The summed E-state index contributed by atoms with van der Waals surface area (Å²) in [4.78, 5) is 3.48. The molecular weight excluding hydrogens is 114 g/mol. The monoisotopic (exact) mass is 129 g/mol. The van der Waals surface area contributed by atoms with Crippen molar-refractivity contribution in [3.63, 3.8) is 0 Å². The van der Waals surface area contributed by atoms with Crippen molar-refractivity contribution in [1.29, 1.82) is 0 Å². The van der Waals surface area contributed by atoms with Crippen molar-refractivity contribution < 1.29 is 0 Å². The molecule has 1 rings (SSSR count). The van der Waals surface area contributed by atoms with Gasteiger partial charge in [0, 0.05) is 0 Å². The lowest BCUT2D eigenvalue weighted by molar-refractivity contribution is 0.360. The van der Waals surface area contributed by atoms with E-state index in [-0.39, 0.29) is 9.68 Å². The number of rotatable bonds is 0. The number of hydrogen-bond acceptors (Lipinski definition) is 1. The third-order valence-electron chi connectivity index (χ3n) is 1.96. The lowest BCUT2D eigenvalue weighted by Crippen LogP contribution is -2.34. The van der Waals surface area contributed by atoms with Crippen LogP contribution in [0.25, 0.3) is 0 Å². The van der Waals surface area contributed by atoms with Crippen LogP contribution in [0.15, 0.2) is 0 Å². The smallest absolute Gasteiger partial charge is 0.0921 e. The Hall–Kier alpha value is 0.177. The molecule has 0 amide bonds. The lowest BCUT2D eigenvalue weighted by Gasteiger charge is -2.29. The summed E-state index contributed by atoms with van der Waals surface area (Å²) in [6.07, 6.45) is 1.38. The van der Waals surface area contributed by atoms with Crippen LogP contribution in [0, 0.1) is 5.41 Å². The molecule has 1 aliphatic heterocycles. The summed E-state index contributed by atoms with van der Waals surface area (Å²) in [7, 11) is 0.154. The van der Waals surface area contributed by atoms with Gasteiger partial charge in [-0.25, -0.2) is 0 Å². The summed E-state index contributed by atoms with van der Waals surface area (Å²) < 4.78 is 0. The fourth-order valence-electron chi connectivity index (χ4n) is 1.10. The topological polar surface area (TPSA) is 12.0 Å². The van der Waals surface area contributed by atoms with Crippen LogP contribution in [0.3, 0.4) is 0 Å². The van der Waals surface area contributed by atoms with Gasteiger partial charge in [0.15, 0.2) is 0 Å². The summed E-state index contributed by atoms with van der Waals surface area (Å²) in [5.41, 5.74) is 0.678. The van der Waals surface area contributed by atoms with E-state index in [9.17, 15) is 0 Å². The average Bonchev–Trinajstić information content (AvgIpc) is 1.65. The highest BCUT2D eigenvalue weighted by Crippen LogP contribution is 2.25. The molecule has 1 heterocycles. The Morgan fingerprint density at radius 2 is 2.25 bits per heavy atom. The molecule has 1 aliphatic rings. The molecule has 0 spiro atoms. The van der Waals surface area contributed by atoms with Gasteiger partial charge < -0.3 is 4.98 Å². The van der Waals surface area contributed by atoms with E-state index in [1.54, 1.807) is 0 Å². The molecule has 0 atom stereocenters. The minimum absolute atomic E-state index is 0.154. The summed E-state index contributed by atoms with van der Waals surface area (Å²) in [5, 5.41) is 0. The van der Waals surface area contributed by atoms with Crippen molar-refractivity contribution in [1.82, 2.24) is 4.98 Å². The number of nitrogens with one attached hydrogen (secondary N) is 1. The van der Waals surface area contributed by atoms with E-state index >= 15 is 0 Å². The Balaban J connectivity index is 2.33. The average molecular weight is 129 g/mol. The van der Waals surface area contributed by atoms with Crippen LogP contribution >= 0.6 is 0 Å². The van der Waals surface area contributed by atoms with Crippen molar-refractivity contribution in [2.24, 2.45) is 5.41 Å². The first kappa shape index (κ1) is 6.30. The summed E-state index contributed by atoms with van der Waals surface area (Å²) in [5.74, 6) is 0. The Bertz CT molecular complexity index is 72.6. The first-order chi connectivity index (χ1) is 3.71. The van der Waals surface area contributed by atoms with Crippen LogP contribution < -0.4 is 4.98 Å². The van der Waals surface area contributed by atoms with Crippen molar-refractivity contribution in [3.8, 4) is 0 Å². The molecule has 0 unspecified atom stereocenters. The normalized spacial score (nSPS) is 30.8. The Labute approximate surface area is 53.8 Å².